The number of benzene rings is 2. The average molecular weight is 730 g/mol. The van der Waals surface area contributed by atoms with Crippen molar-refractivity contribution in [2.45, 2.75) is 85.0 Å². The van der Waals surface area contributed by atoms with E-state index in [1.807, 2.05) is 30.3 Å². The summed E-state index contributed by atoms with van der Waals surface area (Å²) in [7, 11) is -4.97. The predicted octanol–water partition coefficient (Wildman–Crippen LogP) is 9.16. The topological polar surface area (TPSA) is 137 Å². The van der Waals surface area contributed by atoms with Gasteiger partial charge in [-0.1, -0.05) is 39.0 Å². The van der Waals surface area contributed by atoms with Crippen LogP contribution in [-0.4, -0.2) is 65.5 Å². The van der Waals surface area contributed by atoms with E-state index in [1.54, 1.807) is 41.7 Å². The lowest BCUT2D eigenvalue weighted by molar-refractivity contribution is -0.119. The van der Waals surface area contributed by atoms with Crippen molar-refractivity contribution in [3.63, 3.8) is 0 Å². The van der Waals surface area contributed by atoms with E-state index in [0.717, 1.165) is 24.2 Å². The number of nitrogens with one attached hydrogen (secondary N) is 1. The molecule has 2 aromatic rings. The first kappa shape index (κ1) is 42.9. The zero-order chi connectivity index (χ0) is 36.5. The lowest BCUT2D eigenvalue weighted by atomic mass is 9.78. The molecule has 3 unspecified atom stereocenters. The summed E-state index contributed by atoms with van der Waals surface area (Å²) in [5.74, 6) is 0.247. The second-order valence-corrected chi connectivity index (χ2v) is 16.2. The van der Waals surface area contributed by atoms with E-state index >= 15 is 0 Å². The Morgan fingerprint density at radius 1 is 0.694 bits per heavy atom. The Balaban J connectivity index is 2.48. The molecule has 1 amide bonds. The SMILES string of the molecule is CCOP(=O)(OCC)C(CC(C)C(=O)Nc1cc(C(CC)C(CC)c2ccc(OCOC)cc2)ccc1OCOC)P(=O)(OCC)OCC. The molecule has 0 radical (unpaired) electrons. The van der Waals surface area contributed by atoms with Gasteiger partial charge in [-0.05, 0) is 94.2 Å². The second kappa shape index (κ2) is 21.8. The van der Waals surface area contributed by atoms with E-state index in [2.05, 4.69) is 31.3 Å². The molecule has 0 heterocycles. The summed E-state index contributed by atoms with van der Waals surface area (Å²) in [6, 6.07) is 13.8. The van der Waals surface area contributed by atoms with Crippen LogP contribution >= 0.6 is 15.2 Å². The van der Waals surface area contributed by atoms with Gasteiger partial charge in [-0.25, -0.2) is 0 Å². The number of methoxy groups -OCH3 is 2. The van der Waals surface area contributed by atoms with Crippen LogP contribution in [0.25, 0.3) is 0 Å². The molecular formula is C35H57NO11P2. The summed E-state index contributed by atoms with van der Waals surface area (Å²) in [5, 5.41) is 1.69. The van der Waals surface area contributed by atoms with Gasteiger partial charge in [0.2, 0.25) is 5.91 Å². The molecule has 0 aliphatic heterocycles. The van der Waals surface area contributed by atoms with E-state index in [9.17, 15) is 13.9 Å². The van der Waals surface area contributed by atoms with E-state index in [-0.39, 0.29) is 58.3 Å². The largest absolute Gasteiger partial charge is 0.468 e. The van der Waals surface area contributed by atoms with Crippen LogP contribution in [0.1, 0.15) is 90.7 Å². The number of hydrogen-bond donors (Lipinski definition) is 1. The van der Waals surface area contributed by atoms with Gasteiger partial charge in [0, 0.05) is 20.1 Å². The number of anilines is 1. The van der Waals surface area contributed by atoms with E-state index < -0.39 is 32.4 Å². The maximum absolute atomic E-state index is 14.1. The molecule has 12 nitrogen and oxygen atoms in total. The predicted molar refractivity (Wildman–Crippen MR) is 192 cm³/mol. The highest BCUT2D eigenvalue weighted by Gasteiger charge is 2.51. The van der Waals surface area contributed by atoms with Crippen molar-refractivity contribution < 1.29 is 51.0 Å². The van der Waals surface area contributed by atoms with E-state index in [1.165, 1.54) is 12.7 Å². The van der Waals surface area contributed by atoms with Gasteiger partial charge in [0.25, 0.3) is 0 Å². The second-order valence-electron chi connectivity index (χ2n) is 11.3. The van der Waals surface area contributed by atoms with Crippen LogP contribution < -0.4 is 14.8 Å². The number of rotatable bonds is 25. The molecule has 0 bridgehead atoms. The molecule has 0 aliphatic carbocycles. The number of amides is 1. The summed E-state index contributed by atoms with van der Waals surface area (Å²) in [6.45, 7) is 13.0. The number of carbonyl (C=O) groups is 1. The summed E-state index contributed by atoms with van der Waals surface area (Å²) < 4.78 is 72.1. The molecule has 0 fully saturated rings. The summed E-state index contributed by atoms with van der Waals surface area (Å²) in [4.78, 5) is 13.9. The molecule has 0 aliphatic rings. The molecular weight excluding hydrogens is 672 g/mol. The Hall–Kier alpha value is -2.27. The Bertz CT molecular complexity index is 1310. The fourth-order valence-electron chi connectivity index (χ4n) is 5.82. The summed E-state index contributed by atoms with van der Waals surface area (Å²) in [5.41, 5.74) is 2.65. The lowest BCUT2D eigenvalue weighted by Crippen LogP contribution is -2.27. The third-order valence-electron chi connectivity index (χ3n) is 8.02. The highest BCUT2D eigenvalue weighted by atomic mass is 31.2. The third kappa shape index (κ3) is 12.2. The van der Waals surface area contributed by atoms with Gasteiger partial charge in [0.05, 0.1) is 32.1 Å². The van der Waals surface area contributed by atoms with E-state index in [4.69, 9.17) is 37.0 Å². The molecule has 14 heteroatoms. The van der Waals surface area contributed by atoms with Crippen molar-refractivity contribution >= 4 is 26.8 Å². The Morgan fingerprint density at radius 3 is 1.63 bits per heavy atom. The van der Waals surface area contributed by atoms with Gasteiger partial charge >= 0.3 is 15.2 Å². The van der Waals surface area contributed by atoms with Crippen LogP contribution in [0.15, 0.2) is 42.5 Å². The minimum atomic E-state index is -4.04. The molecule has 0 saturated heterocycles. The van der Waals surface area contributed by atoms with Gasteiger partial charge in [-0.2, -0.15) is 0 Å². The van der Waals surface area contributed by atoms with Crippen LogP contribution in [0.4, 0.5) is 5.69 Å². The average Bonchev–Trinajstić information content (AvgIpc) is 3.08. The van der Waals surface area contributed by atoms with Gasteiger partial charge in [0.15, 0.2) is 19.0 Å². The minimum absolute atomic E-state index is 0.0239. The van der Waals surface area contributed by atoms with Gasteiger partial charge in [-0.3, -0.25) is 13.9 Å². The monoisotopic (exact) mass is 729 g/mol. The van der Waals surface area contributed by atoms with Crippen LogP contribution in [0, 0.1) is 5.92 Å². The highest BCUT2D eigenvalue weighted by Crippen LogP contribution is 2.72. The first-order valence-corrected chi connectivity index (χ1v) is 20.3. The highest BCUT2D eigenvalue weighted by molar-refractivity contribution is 7.72. The van der Waals surface area contributed by atoms with Crippen LogP contribution in [0.5, 0.6) is 11.5 Å². The minimum Gasteiger partial charge on any atom is -0.468 e. The molecule has 3 atom stereocenters. The molecule has 1 N–H and O–H groups in total. The van der Waals surface area contributed by atoms with Crippen molar-refractivity contribution in [1.29, 1.82) is 0 Å². The maximum atomic E-state index is 14.1. The van der Waals surface area contributed by atoms with Crippen molar-refractivity contribution in [2.75, 3.05) is 59.5 Å². The Kier molecular flexibility index (Phi) is 19.1. The summed E-state index contributed by atoms with van der Waals surface area (Å²) in [6.07, 6.45) is 1.59. The van der Waals surface area contributed by atoms with Crippen molar-refractivity contribution in [1.82, 2.24) is 0 Å². The van der Waals surface area contributed by atoms with Gasteiger partial charge in [0.1, 0.15) is 11.5 Å². The molecule has 2 rings (SSSR count). The van der Waals surface area contributed by atoms with Crippen LogP contribution in [0.2, 0.25) is 0 Å². The van der Waals surface area contributed by atoms with Crippen molar-refractivity contribution in [3.05, 3.63) is 53.6 Å². The Morgan fingerprint density at radius 2 is 1.16 bits per heavy atom. The zero-order valence-electron chi connectivity index (χ0n) is 30.6. The van der Waals surface area contributed by atoms with Gasteiger partial charge < -0.3 is 42.4 Å². The van der Waals surface area contributed by atoms with Crippen molar-refractivity contribution in [3.8, 4) is 11.5 Å². The maximum Gasteiger partial charge on any atom is 0.345 e. The summed E-state index contributed by atoms with van der Waals surface area (Å²) >= 11 is 0. The van der Waals surface area contributed by atoms with E-state index in [0.29, 0.717) is 11.4 Å². The van der Waals surface area contributed by atoms with Crippen LogP contribution in [-0.2, 0) is 41.5 Å². The first-order valence-electron chi connectivity index (χ1n) is 17.1. The van der Waals surface area contributed by atoms with Gasteiger partial charge in [-0.15, -0.1) is 0 Å². The smallest absolute Gasteiger partial charge is 0.345 e. The molecule has 0 aromatic heterocycles. The number of ether oxygens (including phenoxy) is 4. The normalized spacial score (nSPS) is 14.0. The number of hydrogen-bond acceptors (Lipinski definition) is 11. The third-order valence-corrected chi connectivity index (χ3v) is 14.1. The lowest BCUT2D eigenvalue weighted by Gasteiger charge is -2.32. The quantitative estimate of drug-likeness (QED) is 0.0774. The molecule has 0 saturated carbocycles. The molecule has 2 aromatic carbocycles. The molecule has 278 valence electrons. The standard InChI is InChI=1S/C35H57NO11P2/c1-10-30(27-16-19-29(20-17-27)42-24-40-8)31(11-2)28-18-21-33(43-25-41-9)32(23-28)36-35(37)26(7)22-34(48(38,44-12-3)45-13-4)49(39,46-14-5)47-15-6/h16-21,23,26,30-31,34H,10-15,22,24-25H2,1-9H3,(H,36,37). The zero-order valence-corrected chi connectivity index (χ0v) is 32.4. The fourth-order valence-corrected chi connectivity index (χ4v) is 11.4. The fraction of sp³-hybridized carbons (Fsp3) is 0.629. The molecule has 0 spiro atoms. The van der Waals surface area contributed by atoms with Crippen molar-refractivity contribution in [2.24, 2.45) is 5.92 Å². The van der Waals surface area contributed by atoms with Crippen LogP contribution in [0.3, 0.4) is 0 Å². The Labute approximate surface area is 292 Å². The first-order chi connectivity index (χ1) is 23.5. The molecule has 49 heavy (non-hydrogen) atoms. The number of carbonyl (C=O) groups excluding carboxylic acids is 1.